The molecule has 1 heterocycles. The fraction of sp³-hybridized carbons (Fsp3) is 0.909. The second-order valence-electron chi connectivity index (χ2n) is 4.67. The van der Waals surface area contributed by atoms with Crippen LogP contribution in [0.15, 0.2) is 0 Å². The average molecular weight is 196 g/mol. The summed E-state index contributed by atoms with van der Waals surface area (Å²) in [5.74, 6) is 0. The minimum Gasteiger partial charge on any atom is -0.377 e. The Morgan fingerprint density at radius 3 is 2.79 bits per heavy atom. The predicted molar refractivity (Wildman–Crippen MR) is 55.8 cm³/mol. The maximum atomic E-state index is 8.84. The molecule has 0 radical (unpaired) electrons. The van der Waals surface area contributed by atoms with E-state index < -0.39 is 0 Å². The van der Waals surface area contributed by atoms with Crippen LogP contribution in [0.1, 0.15) is 33.6 Å². The lowest BCUT2D eigenvalue weighted by Crippen LogP contribution is -2.36. The van der Waals surface area contributed by atoms with E-state index in [0.29, 0.717) is 12.1 Å². The quantitative estimate of drug-likeness (QED) is 0.744. The molecule has 0 saturated carbocycles. The van der Waals surface area contributed by atoms with Crippen LogP contribution in [0.25, 0.3) is 0 Å². The maximum absolute atomic E-state index is 8.84. The molecule has 0 bridgehead atoms. The van der Waals surface area contributed by atoms with Crippen molar-refractivity contribution in [3.8, 4) is 6.07 Å². The molecule has 0 amide bonds. The van der Waals surface area contributed by atoms with Crippen molar-refractivity contribution in [3.05, 3.63) is 0 Å². The molecule has 1 aliphatic heterocycles. The molecule has 0 aromatic heterocycles. The number of rotatable bonds is 4. The molecular weight excluding hydrogens is 176 g/mol. The first-order valence-electron chi connectivity index (χ1n) is 5.31. The molecule has 1 saturated heterocycles. The van der Waals surface area contributed by atoms with Crippen LogP contribution in [-0.4, -0.2) is 25.3 Å². The summed E-state index contributed by atoms with van der Waals surface area (Å²) in [4.78, 5) is 0. The van der Waals surface area contributed by atoms with E-state index in [1.807, 2.05) is 13.8 Å². The van der Waals surface area contributed by atoms with Crippen molar-refractivity contribution >= 4 is 0 Å². The number of ether oxygens (including phenoxy) is 1. The van der Waals surface area contributed by atoms with Gasteiger partial charge in [0.15, 0.2) is 0 Å². The predicted octanol–water partition coefficient (Wildman–Crippen LogP) is 1.69. The van der Waals surface area contributed by atoms with E-state index >= 15 is 0 Å². The highest BCUT2D eigenvalue weighted by Gasteiger charge is 2.24. The summed E-state index contributed by atoms with van der Waals surface area (Å²) >= 11 is 0. The molecule has 1 fully saturated rings. The molecule has 14 heavy (non-hydrogen) atoms. The molecule has 0 aromatic rings. The van der Waals surface area contributed by atoms with Crippen molar-refractivity contribution in [2.24, 2.45) is 5.41 Å². The highest BCUT2D eigenvalue weighted by atomic mass is 16.5. The monoisotopic (exact) mass is 196 g/mol. The molecule has 1 rings (SSSR count). The van der Waals surface area contributed by atoms with Gasteiger partial charge in [0.05, 0.1) is 17.6 Å². The van der Waals surface area contributed by atoms with Crippen molar-refractivity contribution in [1.29, 1.82) is 5.26 Å². The van der Waals surface area contributed by atoms with Gasteiger partial charge >= 0.3 is 0 Å². The Bertz CT molecular complexity index is 220. The number of nitrogens with one attached hydrogen (secondary N) is 1. The zero-order valence-electron chi connectivity index (χ0n) is 9.34. The number of hydrogen-bond donors (Lipinski definition) is 1. The summed E-state index contributed by atoms with van der Waals surface area (Å²) in [5, 5.41) is 12.3. The lowest BCUT2D eigenvalue weighted by molar-refractivity contribution is 0.113. The van der Waals surface area contributed by atoms with E-state index in [4.69, 9.17) is 10.00 Å². The van der Waals surface area contributed by atoms with Gasteiger partial charge in [-0.3, -0.25) is 0 Å². The Labute approximate surface area is 86.4 Å². The van der Waals surface area contributed by atoms with Gasteiger partial charge in [0.1, 0.15) is 0 Å². The Hall–Kier alpha value is -0.590. The fourth-order valence-electron chi connectivity index (χ4n) is 1.63. The molecule has 80 valence electrons. The van der Waals surface area contributed by atoms with Gasteiger partial charge in [0.2, 0.25) is 0 Å². The fourth-order valence-corrected chi connectivity index (χ4v) is 1.63. The number of nitrogens with zero attached hydrogens (tertiary/aromatic N) is 1. The van der Waals surface area contributed by atoms with Crippen LogP contribution in [0.3, 0.4) is 0 Å². The first-order valence-corrected chi connectivity index (χ1v) is 5.31. The zero-order chi connectivity index (χ0) is 10.6. The molecule has 0 aliphatic carbocycles. The Morgan fingerprint density at radius 1 is 1.57 bits per heavy atom. The third-order valence-corrected chi connectivity index (χ3v) is 2.84. The second-order valence-corrected chi connectivity index (χ2v) is 4.67. The van der Waals surface area contributed by atoms with E-state index in [2.05, 4.69) is 18.3 Å². The summed E-state index contributed by atoms with van der Waals surface area (Å²) in [5.41, 5.74) is -0.213. The Balaban J connectivity index is 2.19. The van der Waals surface area contributed by atoms with Crippen LogP contribution in [0.2, 0.25) is 0 Å². The number of nitriles is 1. The maximum Gasteiger partial charge on any atom is 0.0700 e. The van der Waals surface area contributed by atoms with E-state index in [9.17, 15) is 0 Å². The summed E-state index contributed by atoms with van der Waals surface area (Å²) in [6, 6.07) is 2.78. The summed E-state index contributed by atoms with van der Waals surface area (Å²) < 4.78 is 5.45. The third kappa shape index (κ3) is 3.28. The highest BCUT2D eigenvalue weighted by molar-refractivity contribution is 4.92. The van der Waals surface area contributed by atoms with Crippen LogP contribution in [0.5, 0.6) is 0 Å². The van der Waals surface area contributed by atoms with Gasteiger partial charge in [-0.2, -0.15) is 5.26 Å². The molecule has 3 nitrogen and oxygen atoms in total. The third-order valence-electron chi connectivity index (χ3n) is 2.84. The van der Waals surface area contributed by atoms with Gasteiger partial charge in [-0.05, 0) is 40.2 Å². The Kier molecular flexibility index (Phi) is 3.91. The van der Waals surface area contributed by atoms with Gasteiger partial charge < -0.3 is 10.1 Å². The van der Waals surface area contributed by atoms with Gasteiger partial charge in [0, 0.05) is 12.6 Å². The van der Waals surface area contributed by atoms with E-state index in [0.717, 1.165) is 26.0 Å². The van der Waals surface area contributed by atoms with Crippen LogP contribution in [-0.2, 0) is 4.74 Å². The standard InChI is InChI=1S/C11H20N2O/c1-9-10(4-7-14-9)13-6-5-11(2,3)8-12/h9-10,13H,4-7H2,1-3H3. The first-order chi connectivity index (χ1) is 6.55. The Morgan fingerprint density at radius 2 is 2.29 bits per heavy atom. The van der Waals surface area contributed by atoms with Crippen molar-refractivity contribution in [2.45, 2.75) is 45.8 Å². The molecule has 2 atom stereocenters. The molecule has 2 unspecified atom stereocenters. The normalized spacial score (nSPS) is 27.6. The zero-order valence-corrected chi connectivity index (χ0v) is 9.34. The molecular formula is C11H20N2O. The van der Waals surface area contributed by atoms with Crippen LogP contribution >= 0.6 is 0 Å². The van der Waals surface area contributed by atoms with Gasteiger partial charge in [0.25, 0.3) is 0 Å². The van der Waals surface area contributed by atoms with Crippen molar-refractivity contribution < 1.29 is 4.74 Å². The van der Waals surface area contributed by atoms with E-state index in [1.165, 1.54) is 0 Å². The largest absolute Gasteiger partial charge is 0.377 e. The van der Waals surface area contributed by atoms with Crippen molar-refractivity contribution in [3.63, 3.8) is 0 Å². The number of hydrogen-bond acceptors (Lipinski definition) is 3. The lowest BCUT2D eigenvalue weighted by atomic mass is 9.91. The van der Waals surface area contributed by atoms with Crippen molar-refractivity contribution in [1.82, 2.24) is 5.32 Å². The lowest BCUT2D eigenvalue weighted by Gasteiger charge is -2.19. The van der Waals surface area contributed by atoms with Gasteiger partial charge in [-0.15, -0.1) is 0 Å². The molecule has 3 heteroatoms. The minimum atomic E-state index is -0.213. The second kappa shape index (κ2) is 4.77. The smallest absolute Gasteiger partial charge is 0.0700 e. The highest BCUT2D eigenvalue weighted by Crippen LogP contribution is 2.18. The summed E-state index contributed by atoms with van der Waals surface area (Å²) in [7, 11) is 0. The summed E-state index contributed by atoms with van der Waals surface area (Å²) in [6.45, 7) is 7.81. The van der Waals surface area contributed by atoms with Crippen LogP contribution < -0.4 is 5.32 Å². The van der Waals surface area contributed by atoms with Crippen LogP contribution in [0.4, 0.5) is 0 Å². The molecule has 1 aliphatic rings. The van der Waals surface area contributed by atoms with Gasteiger partial charge in [-0.25, -0.2) is 0 Å². The molecule has 0 spiro atoms. The van der Waals surface area contributed by atoms with Crippen LogP contribution in [0, 0.1) is 16.7 Å². The first kappa shape index (κ1) is 11.5. The van der Waals surface area contributed by atoms with Gasteiger partial charge in [-0.1, -0.05) is 0 Å². The average Bonchev–Trinajstić information content (AvgIpc) is 2.52. The molecule has 0 aromatic carbocycles. The van der Waals surface area contributed by atoms with Crippen molar-refractivity contribution in [2.75, 3.05) is 13.2 Å². The molecule has 1 N–H and O–H groups in total. The summed E-state index contributed by atoms with van der Waals surface area (Å²) in [6.07, 6.45) is 2.31. The SMILES string of the molecule is CC1OCCC1NCCC(C)(C)C#N. The van der Waals surface area contributed by atoms with E-state index in [-0.39, 0.29) is 5.41 Å². The van der Waals surface area contributed by atoms with E-state index in [1.54, 1.807) is 0 Å². The minimum absolute atomic E-state index is 0.213. The topological polar surface area (TPSA) is 45.0 Å².